The lowest BCUT2D eigenvalue weighted by molar-refractivity contribution is -0.128. The number of halogens is 1. The van der Waals surface area contributed by atoms with Crippen LogP contribution in [0.5, 0.6) is 0 Å². The van der Waals surface area contributed by atoms with Gasteiger partial charge in [-0.1, -0.05) is 34.5 Å². The Hall–Kier alpha value is -0.870. The van der Waals surface area contributed by atoms with E-state index in [0.29, 0.717) is 17.9 Å². The molecule has 0 saturated heterocycles. The van der Waals surface area contributed by atoms with E-state index in [1.165, 1.54) is 37.7 Å². The Morgan fingerprint density at radius 1 is 1.25 bits per heavy atom. The maximum absolute atomic E-state index is 12.7. The van der Waals surface area contributed by atoms with Gasteiger partial charge < -0.3 is 11.1 Å². The molecule has 3 nitrogen and oxygen atoms in total. The van der Waals surface area contributed by atoms with E-state index in [1.807, 2.05) is 0 Å². The molecule has 3 saturated carbocycles. The van der Waals surface area contributed by atoms with Crippen LogP contribution in [0.25, 0.3) is 0 Å². The average Bonchev–Trinajstić information content (AvgIpc) is 3.33. The Labute approximate surface area is 152 Å². The summed E-state index contributed by atoms with van der Waals surface area (Å²) in [6.45, 7) is 0.778. The molecule has 3 fully saturated rings. The maximum atomic E-state index is 12.7. The van der Waals surface area contributed by atoms with E-state index in [9.17, 15) is 4.79 Å². The summed E-state index contributed by atoms with van der Waals surface area (Å²) in [4.78, 5) is 12.7. The van der Waals surface area contributed by atoms with Crippen LogP contribution in [0.1, 0.15) is 50.5 Å². The number of hydrogen-bond acceptors (Lipinski definition) is 2. The highest BCUT2D eigenvalue weighted by molar-refractivity contribution is 9.10. The fourth-order valence-electron chi connectivity index (χ4n) is 4.94. The highest BCUT2D eigenvalue weighted by Gasteiger charge is 2.45. The third-order valence-electron chi connectivity index (χ3n) is 6.68. The predicted octanol–water partition coefficient (Wildman–Crippen LogP) is 3.75. The van der Waals surface area contributed by atoms with Gasteiger partial charge in [0.05, 0.1) is 0 Å². The number of rotatable bonds is 4. The molecular formula is C20H27BrN2O. The Kier molecular flexibility index (Phi) is 4.46. The largest absolute Gasteiger partial charge is 0.355 e. The minimum absolute atomic E-state index is 0.167. The second-order valence-corrected chi connectivity index (χ2v) is 9.12. The van der Waals surface area contributed by atoms with Crippen LogP contribution < -0.4 is 11.1 Å². The van der Waals surface area contributed by atoms with Gasteiger partial charge >= 0.3 is 0 Å². The van der Waals surface area contributed by atoms with Gasteiger partial charge in [0.1, 0.15) is 0 Å². The average molecular weight is 391 g/mol. The van der Waals surface area contributed by atoms with E-state index < -0.39 is 0 Å². The molecule has 0 spiro atoms. The Balaban J connectivity index is 1.37. The van der Waals surface area contributed by atoms with Crippen molar-refractivity contribution in [3.05, 3.63) is 34.3 Å². The Morgan fingerprint density at radius 2 is 1.96 bits per heavy atom. The van der Waals surface area contributed by atoms with Gasteiger partial charge in [-0.15, -0.1) is 0 Å². The number of nitrogens with one attached hydrogen (secondary N) is 1. The first-order chi connectivity index (χ1) is 11.6. The van der Waals surface area contributed by atoms with E-state index in [2.05, 4.69) is 45.5 Å². The van der Waals surface area contributed by atoms with Gasteiger partial charge in [-0.2, -0.15) is 0 Å². The minimum Gasteiger partial charge on any atom is -0.355 e. The topological polar surface area (TPSA) is 55.1 Å². The summed E-state index contributed by atoms with van der Waals surface area (Å²) >= 11 is 3.56. The third-order valence-corrected chi connectivity index (χ3v) is 7.17. The molecule has 24 heavy (non-hydrogen) atoms. The van der Waals surface area contributed by atoms with Crippen molar-refractivity contribution in [2.45, 2.75) is 56.4 Å². The van der Waals surface area contributed by atoms with E-state index in [-0.39, 0.29) is 17.2 Å². The van der Waals surface area contributed by atoms with Crippen LogP contribution in [0.15, 0.2) is 28.7 Å². The van der Waals surface area contributed by atoms with E-state index >= 15 is 0 Å². The highest BCUT2D eigenvalue weighted by atomic mass is 79.9. The van der Waals surface area contributed by atoms with Gasteiger partial charge in [0, 0.05) is 28.4 Å². The monoisotopic (exact) mass is 390 g/mol. The molecule has 1 aromatic rings. The lowest BCUT2D eigenvalue weighted by Crippen LogP contribution is -2.49. The highest BCUT2D eigenvalue weighted by Crippen LogP contribution is 2.48. The van der Waals surface area contributed by atoms with Gasteiger partial charge in [0.2, 0.25) is 5.91 Å². The van der Waals surface area contributed by atoms with Gasteiger partial charge in [-0.3, -0.25) is 4.79 Å². The molecule has 4 rings (SSSR count). The molecule has 2 unspecified atom stereocenters. The molecule has 130 valence electrons. The van der Waals surface area contributed by atoms with Gasteiger partial charge in [0.25, 0.3) is 0 Å². The molecule has 3 N–H and O–H groups in total. The van der Waals surface area contributed by atoms with Gasteiger partial charge in [-0.05, 0) is 68.1 Å². The zero-order chi connectivity index (χ0) is 16.7. The van der Waals surface area contributed by atoms with Crippen molar-refractivity contribution in [1.29, 1.82) is 0 Å². The van der Waals surface area contributed by atoms with Crippen molar-refractivity contribution >= 4 is 21.8 Å². The fraction of sp³-hybridized carbons (Fsp3) is 0.650. The van der Waals surface area contributed by atoms with Crippen LogP contribution in [0, 0.1) is 17.8 Å². The Morgan fingerprint density at radius 3 is 2.58 bits per heavy atom. The molecule has 3 aliphatic rings. The summed E-state index contributed by atoms with van der Waals surface area (Å²) in [5, 5.41) is 3.28. The summed E-state index contributed by atoms with van der Waals surface area (Å²) in [5.41, 5.74) is 7.87. The number of carbonyl (C=O) groups is 1. The van der Waals surface area contributed by atoms with Crippen molar-refractivity contribution in [1.82, 2.24) is 5.32 Å². The lowest BCUT2D eigenvalue weighted by Gasteiger charge is -2.43. The molecular weight excluding hydrogens is 364 g/mol. The first-order valence-electron chi connectivity index (χ1n) is 9.37. The quantitative estimate of drug-likeness (QED) is 0.822. The number of benzene rings is 1. The minimum atomic E-state index is 0.167. The standard InChI is InChI=1S/C20H27BrN2O/c21-17-6-2-5-16(11-17)20(7-8-20)12-23-19(24)15-9-13-3-1-4-14(10-15)18(13)22/h2,5-6,11,13-15,18H,1,3-4,7-10,12,22H2,(H,23,24). The molecule has 2 atom stereocenters. The molecule has 0 aromatic heterocycles. The normalized spacial score (nSPS) is 33.8. The van der Waals surface area contributed by atoms with Crippen LogP contribution in [-0.2, 0) is 10.2 Å². The van der Waals surface area contributed by atoms with Crippen LogP contribution in [0.4, 0.5) is 0 Å². The Bertz CT molecular complexity index is 614. The first kappa shape index (κ1) is 16.6. The van der Waals surface area contributed by atoms with E-state index in [4.69, 9.17) is 5.73 Å². The van der Waals surface area contributed by atoms with Crippen LogP contribution in [0.3, 0.4) is 0 Å². The maximum Gasteiger partial charge on any atom is 0.223 e. The van der Waals surface area contributed by atoms with Crippen LogP contribution in [0.2, 0.25) is 0 Å². The summed E-state index contributed by atoms with van der Waals surface area (Å²) in [5.74, 6) is 1.57. The molecule has 0 heterocycles. The molecule has 2 bridgehead atoms. The number of hydrogen-bond donors (Lipinski definition) is 2. The summed E-state index contributed by atoms with van der Waals surface area (Å²) in [7, 11) is 0. The zero-order valence-electron chi connectivity index (χ0n) is 14.1. The lowest BCUT2D eigenvalue weighted by atomic mass is 9.65. The van der Waals surface area contributed by atoms with Crippen molar-refractivity contribution < 1.29 is 4.79 Å². The van der Waals surface area contributed by atoms with Crippen molar-refractivity contribution in [3.8, 4) is 0 Å². The van der Waals surface area contributed by atoms with Crippen molar-refractivity contribution in [3.63, 3.8) is 0 Å². The van der Waals surface area contributed by atoms with Crippen molar-refractivity contribution in [2.24, 2.45) is 23.5 Å². The summed E-state index contributed by atoms with van der Waals surface area (Å²) in [6.07, 6.45) is 8.05. The molecule has 0 radical (unpaired) electrons. The molecule has 3 aliphatic carbocycles. The summed E-state index contributed by atoms with van der Waals surface area (Å²) < 4.78 is 1.12. The van der Waals surface area contributed by atoms with Crippen LogP contribution >= 0.6 is 15.9 Å². The molecule has 0 aliphatic heterocycles. The van der Waals surface area contributed by atoms with Crippen LogP contribution in [-0.4, -0.2) is 18.5 Å². The second kappa shape index (κ2) is 6.45. The van der Waals surface area contributed by atoms with Crippen molar-refractivity contribution in [2.75, 3.05) is 6.54 Å². The van der Waals surface area contributed by atoms with E-state index in [0.717, 1.165) is 23.9 Å². The second-order valence-electron chi connectivity index (χ2n) is 8.21. The molecule has 1 aromatic carbocycles. The number of nitrogens with two attached hydrogens (primary N) is 1. The zero-order valence-corrected chi connectivity index (χ0v) is 15.7. The predicted molar refractivity (Wildman–Crippen MR) is 99.6 cm³/mol. The number of amides is 1. The van der Waals surface area contributed by atoms with Gasteiger partial charge in [0.15, 0.2) is 0 Å². The van der Waals surface area contributed by atoms with E-state index in [1.54, 1.807) is 0 Å². The first-order valence-corrected chi connectivity index (χ1v) is 10.2. The molecule has 4 heteroatoms. The summed E-state index contributed by atoms with van der Waals surface area (Å²) in [6, 6.07) is 8.86. The fourth-order valence-corrected chi connectivity index (χ4v) is 5.34. The number of carbonyl (C=O) groups excluding carboxylic acids is 1. The van der Waals surface area contributed by atoms with Gasteiger partial charge in [-0.25, -0.2) is 0 Å². The molecule has 1 amide bonds. The number of fused-ring (bicyclic) bond motifs is 2. The third kappa shape index (κ3) is 3.15. The SMILES string of the molecule is NC1C2CCCC1CC(C(=O)NCC1(c3cccc(Br)c3)CC1)C2. The smallest absolute Gasteiger partial charge is 0.223 e.